The fourth-order valence-electron chi connectivity index (χ4n) is 3.75. The number of aromatic nitrogens is 2. The number of hydrazine groups is 1. The molecule has 2 heterocycles. The van der Waals surface area contributed by atoms with E-state index in [0.29, 0.717) is 40.0 Å². The van der Waals surface area contributed by atoms with Crippen molar-refractivity contribution in [3.05, 3.63) is 82.2 Å². The second kappa shape index (κ2) is 8.94. The number of rotatable bonds is 5. The van der Waals surface area contributed by atoms with E-state index >= 15 is 0 Å². The van der Waals surface area contributed by atoms with E-state index in [4.69, 9.17) is 32.7 Å². The highest BCUT2D eigenvalue weighted by Crippen LogP contribution is 2.36. The minimum absolute atomic E-state index is 0.229. The highest BCUT2D eigenvalue weighted by Gasteiger charge is 2.29. The number of halogens is 1. The molecule has 3 aromatic rings. The zero-order valence-corrected chi connectivity index (χ0v) is 18.6. The zero-order chi connectivity index (χ0) is 22.8. The third-order valence-corrected chi connectivity index (χ3v) is 5.74. The molecule has 0 atom stereocenters. The Bertz CT molecular complexity index is 1200. The molecule has 0 spiro atoms. The second-order valence-corrected chi connectivity index (χ2v) is 7.68. The Morgan fingerprint density at radius 3 is 2.72 bits per heavy atom. The third-order valence-electron chi connectivity index (χ3n) is 5.37. The van der Waals surface area contributed by atoms with E-state index < -0.39 is 5.97 Å². The predicted molar refractivity (Wildman–Crippen MR) is 123 cm³/mol. The molecule has 0 bridgehead atoms. The number of anilines is 1. The molecule has 0 amide bonds. The van der Waals surface area contributed by atoms with Crippen LogP contribution < -0.4 is 21.3 Å². The molecule has 1 aliphatic heterocycles. The monoisotopic (exact) mass is 453 g/mol. The maximum Gasteiger partial charge on any atom is 0.358 e. The predicted octanol–water partition coefficient (Wildman–Crippen LogP) is 3.36. The van der Waals surface area contributed by atoms with Crippen molar-refractivity contribution in [2.45, 2.75) is 19.8 Å². The number of hydrogen-bond acceptors (Lipinski definition) is 7. The lowest BCUT2D eigenvalue weighted by atomic mass is 10.1. The number of ether oxygens (including phenoxy) is 2. The van der Waals surface area contributed by atoms with Crippen LogP contribution >= 0.6 is 11.6 Å². The van der Waals surface area contributed by atoms with Gasteiger partial charge in [0.05, 0.1) is 36.5 Å². The van der Waals surface area contributed by atoms with E-state index in [9.17, 15) is 4.79 Å². The lowest BCUT2D eigenvalue weighted by Crippen LogP contribution is -2.33. The molecular formula is C23H24ClN5O3. The van der Waals surface area contributed by atoms with Crippen molar-refractivity contribution in [3.8, 4) is 11.4 Å². The lowest BCUT2D eigenvalue weighted by Gasteiger charge is -2.24. The summed E-state index contributed by atoms with van der Waals surface area (Å²) >= 11 is 6.35. The summed E-state index contributed by atoms with van der Waals surface area (Å²) in [7, 11) is 1.59. The molecule has 0 aliphatic carbocycles. The number of hydrogen-bond donors (Lipinski definition) is 2. The fourth-order valence-corrected chi connectivity index (χ4v) is 3.96. The summed E-state index contributed by atoms with van der Waals surface area (Å²) in [6.45, 7) is 2.00. The molecule has 32 heavy (non-hydrogen) atoms. The van der Waals surface area contributed by atoms with Crippen LogP contribution in [0.15, 0.2) is 60.2 Å². The largest absolute Gasteiger partial charge is 0.497 e. The van der Waals surface area contributed by atoms with E-state index in [-0.39, 0.29) is 18.7 Å². The summed E-state index contributed by atoms with van der Waals surface area (Å²) < 4.78 is 12.4. The number of imidazole rings is 1. The van der Waals surface area contributed by atoms with Gasteiger partial charge >= 0.3 is 5.97 Å². The molecule has 8 nitrogen and oxygen atoms in total. The van der Waals surface area contributed by atoms with Crippen molar-refractivity contribution < 1.29 is 14.3 Å². The molecule has 2 aromatic carbocycles. The van der Waals surface area contributed by atoms with Crippen molar-refractivity contribution in [2.24, 2.45) is 11.6 Å². The topological polar surface area (TPSA) is 109 Å². The van der Waals surface area contributed by atoms with E-state index in [1.165, 1.54) is 5.01 Å². The number of fused-ring (bicyclic) bond motifs is 3. The van der Waals surface area contributed by atoms with Gasteiger partial charge in [-0.1, -0.05) is 29.8 Å². The van der Waals surface area contributed by atoms with Crippen LogP contribution in [0.25, 0.3) is 5.69 Å². The smallest absolute Gasteiger partial charge is 0.358 e. The minimum Gasteiger partial charge on any atom is -0.497 e. The molecule has 0 fully saturated rings. The average Bonchev–Trinajstić information content (AvgIpc) is 3.16. The number of carbonyl (C=O) groups excluding carboxylic acids is 1. The Balaban J connectivity index is 1.89. The van der Waals surface area contributed by atoms with Crippen molar-refractivity contribution in [3.63, 3.8) is 0 Å². The van der Waals surface area contributed by atoms with Crippen LogP contribution in [0, 0.1) is 0 Å². The van der Waals surface area contributed by atoms with Crippen molar-refractivity contribution >= 4 is 23.3 Å². The quantitative estimate of drug-likeness (QED) is 0.450. The van der Waals surface area contributed by atoms with Gasteiger partial charge in [-0.15, -0.1) is 0 Å². The van der Waals surface area contributed by atoms with Crippen molar-refractivity contribution in [1.82, 2.24) is 9.55 Å². The Labute approximate surface area is 191 Å². The molecule has 9 heteroatoms. The molecule has 0 unspecified atom stereocenters. The van der Waals surface area contributed by atoms with Crippen molar-refractivity contribution in [1.29, 1.82) is 0 Å². The first-order chi connectivity index (χ1) is 15.4. The van der Waals surface area contributed by atoms with Crippen LogP contribution in [0.4, 0.5) is 5.69 Å². The van der Waals surface area contributed by atoms with Gasteiger partial charge in [-0.05, 0) is 30.7 Å². The first-order valence-corrected chi connectivity index (χ1v) is 10.5. The van der Waals surface area contributed by atoms with Crippen LogP contribution in [-0.4, -0.2) is 29.2 Å². The first kappa shape index (κ1) is 21.7. The summed E-state index contributed by atoms with van der Waals surface area (Å²) in [4.78, 5) is 16.9. The molecule has 1 aliphatic rings. The van der Waals surface area contributed by atoms with Gasteiger partial charge in [0.2, 0.25) is 0 Å². The van der Waals surface area contributed by atoms with Gasteiger partial charge in [-0.25, -0.2) is 15.6 Å². The number of carbonyl (C=O) groups is 1. The summed E-state index contributed by atoms with van der Waals surface area (Å²) in [6.07, 6.45) is 2.26. The number of methoxy groups -OCH3 is 1. The van der Waals surface area contributed by atoms with Gasteiger partial charge in [0.25, 0.3) is 0 Å². The minimum atomic E-state index is -0.495. The Hall–Kier alpha value is -3.49. The Morgan fingerprint density at radius 2 is 2.00 bits per heavy atom. The number of esters is 1. The summed E-state index contributed by atoms with van der Waals surface area (Å²) in [5, 5.41) is 2.15. The van der Waals surface area contributed by atoms with Crippen LogP contribution in [0.1, 0.15) is 28.7 Å². The molecule has 0 radical (unpaired) electrons. The summed E-state index contributed by atoms with van der Waals surface area (Å²) in [5.74, 6) is 6.73. The first-order valence-electron chi connectivity index (χ1n) is 10.1. The highest BCUT2D eigenvalue weighted by atomic mass is 35.5. The standard InChI is InChI=1S/C23H24ClN5O3/c1-3-32-23(30)22-21-12-19(17(25)10-14-6-4-5-7-16(14)24)29(26)20-11-15(31-2)8-9-18(20)28(21)13-27-22/h4-9,11,13H,3,10,12,25-26H2,1-2H3/b19-17-. The summed E-state index contributed by atoms with van der Waals surface area (Å²) in [5.41, 5.74) is 10.9. The summed E-state index contributed by atoms with van der Waals surface area (Å²) in [6, 6.07) is 13.0. The lowest BCUT2D eigenvalue weighted by molar-refractivity contribution is 0.0519. The molecule has 4 rings (SSSR count). The maximum absolute atomic E-state index is 12.6. The third kappa shape index (κ3) is 3.90. The molecule has 0 saturated carbocycles. The molecule has 0 saturated heterocycles. The Morgan fingerprint density at radius 1 is 1.22 bits per heavy atom. The van der Waals surface area contributed by atoms with E-state index in [0.717, 1.165) is 11.3 Å². The molecule has 166 valence electrons. The fraction of sp³-hybridized carbons (Fsp3) is 0.217. The zero-order valence-electron chi connectivity index (χ0n) is 17.8. The molecule has 1 aromatic heterocycles. The van der Waals surface area contributed by atoms with Gasteiger partial charge in [-0.2, -0.15) is 0 Å². The van der Waals surface area contributed by atoms with Gasteiger partial charge in [-0.3, -0.25) is 9.58 Å². The van der Waals surface area contributed by atoms with Crippen LogP contribution in [0.3, 0.4) is 0 Å². The van der Waals surface area contributed by atoms with E-state index in [2.05, 4.69) is 4.98 Å². The normalized spacial score (nSPS) is 14.3. The number of allylic oxidation sites excluding steroid dienone is 2. The highest BCUT2D eigenvalue weighted by molar-refractivity contribution is 6.31. The number of nitrogens with two attached hydrogens (primary N) is 2. The SMILES string of the molecule is CCOC(=O)c1ncn2c1C/C(=C(/N)Cc1ccccc1Cl)N(N)c1cc(OC)ccc1-2. The van der Waals surface area contributed by atoms with Gasteiger partial charge in [0.15, 0.2) is 5.69 Å². The van der Waals surface area contributed by atoms with Crippen LogP contribution in [0.5, 0.6) is 5.75 Å². The average molecular weight is 454 g/mol. The second-order valence-electron chi connectivity index (χ2n) is 7.27. The van der Waals surface area contributed by atoms with Crippen LogP contribution in [0.2, 0.25) is 5.02 Å². The number of benzene rings is 2. The van der Waals surface area contributed by atoms with Gasteiger partial charge in [0, 0.05) is 29.6 Å². The maximum atomic E-state index is 12.6. The van der Waals surface area contributed by atoms with E-state index in [1.54, 1.807) is 20.4 Å². The van der Waals surface area contributed by atoms with Gasteiger partial charge < -0.3 is 15.2 Å². The Kier molecular flexibility index (Phi) is 6.07. The molecule has 4 N–H and O–H groups in total. The van der Waals surface area contributed by atoms with E-state index in [1.807, 2.05) is 47.0 Å². The molecular weight excluding hydrogens is 430 g/mol. The van der Waals surface area contributed by atoms with Gasteiger partial charge in [0.1, 0.15) is 12.1 Å². The van der Waals surface area contributed by atoms with Crippen LogP contribution in [-0.2, 0) is 17.6 Å². The van der Waals surface area contributed by atoms with Crippen molar-refractivity contribution in [2.75, 3.05) is 18.7 Å². The number of nitrogens with zero attached hydrogens (tertiary/aromatic N) is 3.